The minimum absolute atomic E-state index is 0.0420. The highest BCUT2D eigenvalue weighted by Gasteiger charge is 2.24. The molecule has 0 aromatic rings. The summed E-state index contributed by atoms with van der Waals surface area (Å²) >= 11 is 1.72. The van der Waals surface area contributed by atoms with Crippen molar-refractivity contribution in [2.24, 2.45) is 0 Å². The molecule has 1 unspecified atom stereocenters. The molecule has 0 heterocycles. The maximum atomic E-state index is 11.9. The molecular weight excluding hydrogens is 363 g/mol. The van der Waals surface area contributed by atoms with Crippen molar-refractivity contribution in [2.45, 2.75) is 45.6 Å². The molecule has 0 saturated carbocycles. The van der Waals surface area contributed by atoms with E-state index >= 15 is 0 Å². The highest BCUT2D eigenvalue weighted by atomic mass is 32.2. The molecule has 0 spiro atoms. The lowest BCUT2D eigenvalue weighted by Crippen LogP contribution is -2.39. The molecule has 25 heavy (non-hydrogen) atoms. The lowest BCUT2D eigenvalue weighted by Gasteiger charge is -2.24. The van der Waals surface area contributed by atoms with Crippen LogP contribution in [-0.4, -0.2) is 73.7 Å². The van der Waals surface area contributed by atoms with Crippen LogP contribution in [0.2, 0.25) is 0 Å². The van der Waals surface area contributed by atoms with Crippen LogP contribution in [0, 0.1) is 0 Å². The van der Waals surface area contributed by atoms with Gasteiger partial charge in [0.25, 0.3) is 0 Å². The average Bonchev–Trinajstić information content (AvgIpc) is 2.46. The molecular formula is C16H36N2O5PS+. The highest BCUT2D eigenvalue weighted by molar-refractivity contribution is 7.99. The van der Waals surface area contributed by atoms with Gasteiger partial charge in [-0.3, -0.25) is 13.8 Å². The number of likely N-dealkylation sites (N-methyl/N-ethyl adjacent to an activating group) is 1. The molecule has 0 radical (unpaired) electrons. The molecule has 0 aromatic carbocycles. The number of hydrogen-bond donors (Lipinski definition) is 2. The average molecular weight is 400 g/mol. The zero-order valence-electron chi connectivity index (χ0n) is 16.3. The molecule has 0 rings (SSSR count). The number of nitrogens with one attached hydrogen (secondary N) is 1. The van der Waals surface area contributed by atoms with E-state index in [0.717, 1.165) is 12.2 Å². The summed E-state index contributed by atoms with van der Waals surface area (Å²) < 4.78 is 22.6. The summed E-state index contributed by atoms with van der Waals surface area (Å²) in [4.78, 5) is 21.0. The van der Waals surface area contributed by atoms with Crippen LogP contribution >= 0.6 is 19.6 Å². The van der Waals surface area contributed by atoms with Crippen molar-refractivity contribution in [3.8, 4) is 0 Å². The van der Waals surface area contributed by atoms with E-state index in [4.69, 9.17) is 9.05 Å². The Labute approximate surface area is 157 Å². The molecule has 0 aliphatic rings. The molecule has 0 bridgehead atoms. The van der Waals surface area contributed by atoms with Crippen LogP contribution in [-0.2, 0) is 18.4 Å². The topological polar surface area (TPSA) is 84.9 Å². The van der Waals surface area contributed by atoms with Crippen molar-refractivity contribution in [3.05, 3.63) is 0 Å². The quantitative estimate of drug-likeness (QED) is 0.250. The molecule has 0 fully saturated rings. The number of hydrogen-bond acceptors (Lipinski definition) is 5. The third kappa shape index (κ3) is 17.1. The van der Waals surface area contributed by atoms with Gasteiger partial charge in [0.1, 0.15) is 13.2 Å². The number of thioether (sulfide) groups is 1. The van der Waals surface area contributed by atoms with E-state index in [0.29, 0.717) is 16.8 Å². The Morgan fingerprint density at radius 1 is 1.24 bits per heavy atom. The third-order valence-corrected chi connectivity index (χ3v) is 5.52. The van der Waals surface area contributed by atoms with Crippen LogP contribution in [0.15, 0.2) is 0 Å². The molecule has 150 valence electrons. The number of nitrogens with zero attached hydrogens (tertiary/aromatic N) is 1. The lowest BCUT2D eigenvalue weighted by molar-refractivity contribution is -0.870. The van der Waals surface area contributed by atoms with E-state index in [1.54, 1.807) is 11.8 Å². The van der Waals surface area contributed by atoms with E-state index < -0.39 is 7.82 Å². The van der Waals surface area contributed by atoms with Crippen molar-refractivity contribution in [2.75, 3.05) is 52.4 Å². The molecule has 0 saturated heterocycles. The SMILES string of the molecule is CCCCCCSC[C@H](COP(=O)(O)OCC[N+](C)(C)C)NC(C)=O. The zero-order valence-corrected chi connectivity index (χ0v) is 18.0. The largest absolute Gasteiger partial charge is 0.472 e. The van der Waals surface area contributed by atoms with Crippen molar-refractivity contribution < 1.29 is 27.8 Å². The highest BCUT2D eigenvalue weighted by Crippen LogP contribution is 2.43. The Bertz CT molecular complexity index is 418. The fraction of sp³-hybridized carbons (Fsp3) is 0.938. The van der Waals surface area contributed by atoms with Crippen LogP contribution in [0.5, 0.6) is 0 Å². The van der Waals surface area contributed by atoms with Crippen LogP contribution in [0.3, 0.4) is 0 Å². The number of amides is 1. The molecule has 1 amide bonds. The van der Waals surface area contributed by atoms with E-state index in [1.807, 2.05) is 21.1 Å². The smallest absolute Gasteiger partial charge is 0.350 e. The second-order valence-corrected chi connectivity index (χ2v) is 9.75. The minimum atomic E-state index is -4.10. The maximum absolute atomic E-state index is 11.9. The van der Waals surface area contributed by atoms with Crippen molar-refractivity contribution in [1.29, 1.82) is 0 Å². The Hall–Kier alpha value is -0.110. The summed E-state index contributed by atoms with van der Waals surface area (Å²) in [7, 11) is 1.81. The zero-order chi connectivity index (χ0) is 19.3. The molecule has 0 aliphatic carbocycles. The van der Waals surface area contributed by atoms with E-state index in [2.05, 4.69) is 12.2 Å². The van der Waals surface area contributed by atoms with Crippen LogP contribution < -0.4 is 5.32 Å². The summed E-state index contributed by atoms with van der Waals surface area (Å²) in [5.41, 5.74) is 0. The molecule has 7 nitrogen and oxygen atoms in total. The Morgan fingerprint density at radius 3 is 2.48 bits per heavy atom. The summed E-state index contributed by atoms with van der Waals surface area (Å²) in [5.74, 6) is 1.47. The van der Waals surface area contributed by atoms with Gasteiger partial charge < -0.3 is 14.7 Å². The van der Waals surface area contributed by atoms with Gasteiger partial charge in [0.15, 0.2) is 0 Å². The number of carbonyl (C=O) groups is 1. The summed E-state index contributed by atoms with van der Waals surface area (Å²) in [6, 6.07) is -0.309. The second-order valence-electron chi connectivity index (χ2n) is 7.14. The van der Waals surface area contributed by atoms with Crippen LogP contribution in [0.4, 0.5) is 0 Å². The fourth-order valence-corrected chi connectivity index (χ4v) is 3.72. The first-order valence-electron chi connectivity index (χ1n) is 8.83. The van der Waals surface area contributed by atoms with Gasteiger partial charge in [-0.2, -0.15) is 11.8 Å². The van der Waals surface area contributed by atoms with Gasteiger partial charge in [-0.25, -0.2) is 4.57 Å². The summed E-state index contributed by atoms with van der Waals surface area (Å²) in [6.07, 6.45) is 4.78. The monoisotopic (exact) mass is 399 g/mol. The van der Waals surface area contributed by atoms with Crippen LogP contribution in [0.1, 0.15) is 39.5 Å². The fourth-order valence-electron chi connectivity index (χ4n) is 1.93. The van der Waals surface area contributed by atoms with Gasteiger partial charge in [-0.15, -0.1) is 0 Å². The van der Waals surface area contributed by atoms with Gasteiger partial charge in [0.2, 0.25) is 5.91 Å². The minimum Gasteiger partial charge on any atom is -0.350 e. The molecule has 9 heteroatoms. The molecule has 0 aromatic heterocycles. The first-order valence-corrected chi connectivity index (χ1v) is 11.5. The number of quaternary nitrogens is 1. The first kappa shape index (κ1) is 24.9. The first-order chi connectivity index (χ1) is 11.6. The number of unbranched alkanes of at least 4 members (excludes halogenated alkanes) is 3. The molecule has 2 atom stereocenters. The molecule has 0 aliphatic heterocycles. The van der Waals surface area contributed by atoms with Gasteiger partial charge in [-0.05, 0) is 12.2 Å². The normalized spacial score (nSPS) is 15.6. The lowest BCUT2D eigenvalue weighted by atomic mass is 10.2. The summed E-state index contributed by atoms with van der Waals surface area (Å²) in [6.45, 7) is 4.28. The van der Waals surface area contributed by atoms with E-state index in [1.165, 1.54) is 26.2 Å². The predicted octanol–water partition coefficient (Wildman–Crippen LogP) is 2.64. The second kappa shape index (κ2) is 13.1. The Balaban J connectivity index is 4.18. The summed E-state index contributed by atoms with van der Waals surface area (Å²) in [5, 5.41) is 2.76. The van der Waals surface area contributed by atoms with Gasteiger partial charge in [0.05, 0.1) is 33.8 Å². The van der Waals surface area contributed by atoms with Crippen LogP contribution in [0.25, 0.3) is 0 Å². The maximum Gasteiger partial charge on any atom is 0.472 e. The number of phosphoric acid groups is 1. The van der Waals surface area contributed by atoms with Crippen molar-refractivity contribution in [1.82, 2.24) is 5.32 Å². The molecule has 2 N–H and O–H groups in total. The van der Waals surface area contributed by atoms with Gasteiger partial charge in [-0.1, -0.05) is 26.2 Å². The number of phosphoric ester groups is 1. The Kier molecular flexibility index (Phi) is 13.1. The predicted molar refractivity (Wildman–Crippen MR) is 104 cm³/mol. The van der Waals surface area contributed by atoms with Gasteiger partial charge in [0, 0.05) is 12.7 Å². The number of carbonyl (C=O) groups excluding carboxylic acids is 1. The standard InChI is InChI=1S/C16H35N2O5PS/c1-6-7-8-9-12-25-14-16(17-15(2)19)13-23-24(20,21)22-11-10-18(3,4)5/h16H,6-14H2,1-5H3,(H-,17,19,20,21)/p+1/t16-/m0/s1. The number of rotatable bonds is 15. The Morgan fingerprint density at radius 2 is 1.92 bits per heavy atom. The van der Waals surface area contributed by atoms with Crippen molar-refractivity contribution in [3.63, 3.8) is 0 Å². The van der Waals surface area contributed by atoms with Gasteiger partial charge >= 0.3 is 7.82 Å². The van der Waals surface area contributed by atoms with E-state index in [9.17, 15) is 14.3 Å². The van der Waals surface area contributed by atoms with Crippen molar-refractivity contribution >= 4 is 25.5 Å². The third-order valence-electron chi connectivity index (χ3n) is 3.32. The van der Waals surface area contributed by atoms with E-state index in [-0.39, 0.29) is 25.2 Å².